The molecule has 3 aromatic rings. The van der Waals surface area contributed by atoms with E-state index in [4.69, 9.17) is 23.7 Å². The zero-order valence-electron chi connectivity index (χ0n) is 19.4. The standard InChI is InChI=1S/C28H26O6/c1-30-22-10-9-18(12-23(22)31-2)26-21-14-25(33-15-17-7-5-4-6-8-17)24(32-3)13-19(21)11-20-16-34-28(29)27(20)26/h4-10,12-14,20H,11,15-16H2,1-3H3/t20-/m1/s1. The Morgan fingerprint density at radius 3 is 2.32 bits per heavy atom. The van der Waals surface area contributed by atoms with Gasteiger partial charge in [-0.15, -0.1) is 0 Å². The predicted molar refractivity (Wildman–Crippen MR) is 127 cm³/mol. The average Bonchev–Trinajstić information content (AvgIpc) is 3.25. The van der Waals surface area contributed by atoms with E-state index in [1.54, 1.807) is 21.3 Å². The maximum Gasteiger partial charge on any atom is 0.335 e. The highest BCUT2D eigenvalue weighted by Gasteiger charge is 2.39. The van der Waals surface area contributed by atoms with Crippen molar-refractivity contribution in [3.05, 3.63) is 88.5 Å². The van der Waals surface area contributed by atoms with E-state index in [-0.39, 0.29) is 11.9 Å². The van der Waals surface area contributed by atoms with E-state index in [0.717, 1.165) is 27.8 Å². The van der Waals surface area contributed by atoms with Crippen molar-refractivity contribution in [3.8, 4) is 23.0 Å². The van der Waals surface area contributed by atoms with Crippen molar-refractivity contribution in [2.75, 3.05) is 27.9 Å². The Morgan fingerprint density at radius 2 is 1.59 bits per heavy atom. The molecular formula is C28H26O6. The molecule has 0 spiro atoms. The van der Waals surface area contributed by atoms with Crippen LogP contribution in [-0.4, -0.2) is 33.9 Å². The summed E-state index contributed by atoms with van der Waals surface area (Å²) in [4.78, 5) is 12.8. The summed E-state index contributed by atoms with van der Waals surface area (Å²) in [6.07, 6.45) is 0.697. The second kappa shape index (κ2) is 9.14. The molecule has 0 N–H and O–H groups in total. The number of benzene rings is 3. The van der Waals surface area contributed by atoms with Crippen molar-refractivity contribution in [2.45, 2.75) is 13.0 Å². The lowest BCUT2D eigenvalue weighted by Crippen LogP contribution is -2.17. The lowest BCUT2D eigenvalue weighted by Gasteiger charge is -2.26. The van der Waals surface area contributed by atoms with E-state index >= 15 is 0 Å². The van der Waals surface area contributed by atoms with Crippen molar-refractivity contribution in [1.29, 1.82) is 0 Å². The third kappa shape index (κ3) is 3.85. The van der Waals surface area contributed by atoms with Crippen molar-refractivity contribution < 1.29 is 28.5 Å². The molecule has 1 saturated heterocycles. The first kappa shape index (κ1) is 21.9. The summed E-state index contributed by atoms with van der Waals surface area (Å²) in [7, 11) is 4.84. The number of carbonyl (C=O) groups excluding carboxylic acids is 1. The molecule has 1 atom stereocenters. The average molecular weight is 459 g/mol. The zero-order valence-corrected chi connectivity index (χ0v) is 19.4. The quantitative estimate of drug-likeness (QED) is 0.473. The predicted octanol–water partition coefficient (Wildman–Crippen LogP) is 4.82. The topological polar surface area (TPSA) is 63.2 Å². The first-order valence-electron chi connectivity index (χ1n) is 11.1. The number of methoxy groups -OCH3 is 3. The van der Waals surface area contributed by atoms with Crippen molar-refractivity contribution in [3.63, 3.8) is 0 Å². The van der Waals surface area contributed by atoms with E-state index in [0.29, 0.717) is 48.2 Å². The van der Waals surface area contributed by atoms with Crippen molar-refractivity contribution in [1.82, 2.24) is 0 Å². The number of rotatable bonds is 7. The highest BCUT2D eigenvalue weighted by atomic mass is 16.5. The number of fused-ring (bicyclic) bond motifs is 2. The van der Waals surface area contributed by atoms with Gasteiger partial charge in [0.1, 0.15) is 6.61 Å². The van der Waals surface area contributed by atoms with Gasteiger partial charge in [0.25, 0.3) is 0 Å². The Labute approximate surface area is 198 Å². The van der Waals surface area contributed by atoms with Crippen LogP contribution >= 0.6 is 0 Å². The summed E-state index contributed by atoms with van der Waals surface area (Å²) in [5.74, 6) is 2.22. The Kier molecular flexibility index (Phi) is 5.88. The molecule has 6 nitrogen and oxygen atoms in total. The van der Waals surface area contributed by atoms with Crippen molar-refractivity contribution in [2.24, 2.45) is 5.92 Å². The number of cyclic esters (lactones) is 1. The monoisotopic (exact) mass is 458 g/mol. The molecule has 0 amide bonds. The van der Waals surface area contributed by atoms with Crippen LogP contribution in [-0.2, 0) is 22.6 Å². The van der Waals surface area contributed by atoms with Gasteiger partial charge in [-0.25, -0.2) is 4.79 Å². The SMILES string of the molecule is COc1ccc(C2=C3C(=O)OC[C@H]3Cc3cc(OC)c(OCc4ccccc4)cc32)cc1OC. The van der Waals surface area contributed by atoms with Gasteiger partial charge in [0, 0.05) is 11.5 Å². The molecule has 5 rings (SSSR count). The van der Waals surface area contributed by atoms with Gasteiger partial charge in [-0.1, -0.05) is 36.4 Å². The smallest absolute Gasteiger partial charge is 0.335 e. The second-order valence-electron chi connectivity index (χ2n) is 8.29. The van der Waals surface area contributed by atoms with Crippen LogP contribution in [0.1, 0.15) is 22.3 Å². The minimum Gasteiger partial charge on any atom is -0.493 e. The first-order valence-corrected chi connectivity index (χ1v) is 11.1. The molecule has 1 aliphatic heterocycles. The molecule has 0 unspecified atom stereocenters. The molecular weight excluding hydrogens is 432 g/mol. The van der Waals surface area contributed by atoms with Gasteiger partial charge in [-0.2, -0.15) is 0 Å². The molecule has 6 heteroatoms. The van der Waals surface area contributed by atoms with Crippen LogP contribution in [0, 0.1) is 5.92 Å². The van der Waals surface area contributed by atoms with Crippen LogP contribution in [0.15, 0.2) is 66.2 Å². The van der Waals surface area contributed by atoms with Crippen LogP contribution < -0.4 is 18.9 Å². The summed E-state index contributed by atoms with van der Waals surface area (Å²) in [6.45, 7) is 0.780. The Balaban J connectivity index is 1.64. The first-order chi connectivity index (χ1) is 16.6. The van der Waals surface area contributed by atoms with Crippen LogP contribution in [0.2, 0.25) is 0 Å². The van der Waals surface area contributed by atoms with Crippen LogP contribution in [0.3, 0.4) is 0 Å². The molecule has 1 fully saturated rings. The molecule has 0 bridgehead atoms. The second-order valence-corrected chi connectivity index (χ2v) is 8.29. The van der Waals surface area contributed by atoms with Gasteiger partial charge >= 0.3 is 5.97 Å². The third-order valence-electron chi connectivity index (χ3n) is 6.35. The van der Waals surface area contributed by atoms with E-state index in [2.05, 4.69) is 0 Å². The summed E-state index contributed by atoms with van der Waals surface area (Å²) in [6, 6.07) is 19.6. The molecule has 0 saturated carbocycles. The Hall–Kier alpha value is -3.93. The fourth-order valence-corrected chi connectivity index (χ4v) is 4.70. The zero-order chi connectivity index (χ0) is 23.7. The highest BCUT2D eigenvalue weighted by molar-refractivity contribution is 6.05. The lowest BCUT2D eigenvalue weighted by atomic mass is 9.77. The van der Waals surface area contributed by atoms with E-state index in [1.807, 2.05) is 60.7 Å². The van der Waals surface area contributed by atoms with Gasteiger partial charge in [0.2, 0.25) is 0 Å². The van der Waals surface area contributed by atoms with Crippen LogP contribution in [0.5, 0.6) is 23.0 Å². The Morgan fingerprint density at radius 1 is 0.853 bits per heavy atom. The largest absolute Gasteiger partial charge is 0.493 e. The van der Waals surface area contributed by atoms with E-state index < -0.39 is 0 Å². The maximum atomic E-state index is 12.8. The van der Waals surface area contributed by atoms with E-state index in [9.17, 15) is 4.79 Å². The fraction of sp³-hybridized carbons (Fsp3) is 0.250. The van der Waals surface area contributed by atoms with Gasteiger partial charge in [-0.3, -0.25) is 0 Å². The molecule has 3 aromatic carbocycles. The maximum absolute atomic E-state index is 12.8. The normalized spacial score (nSPS) is 16.4. The van der Waals surface area contributed by atoms with Gasteiger partial charge in [-0.05, 0) is 52.9 Å². The number of carbonyl (C=O) groups is 1. The molecule has 0 radical (unpaired) electrons. The minimum atomic E-state index is -0.275. The van der Waals surface area contributed by atoms with Crippen LogP contribution in [0.4, 0.5) is 0 Å². The molecule has 1 heterocycles. The third-order valence-corrected chi connectivity index (χ3v) is 6.35. The molecule has 1 aliphatic carbocycles. The molecule has 0 aromatic heterocycles. The van der Waals surface area contributed by atoms with Gasteiger partial charge in [0.05, 0.1) is 33.5 Å². The molecule has 2 aliphatic rings. The Bertz CT molecular complexity index is 1260. The summed E-state index contributed by atoms with van der Waals surface area (Å²) in [5.41, 5.74) is 5.46. The van der Waals surface area contributed by atoms with Crippen LogP contribution in [0.25, 0.3) is 5.57 Å². The van der Waals surface area contributed by atoms with Gasteiger partial charge in [0.15, 0.2) is 23.0 Å². The number of hydrogen-bond acceptors (Lipinski definition) is 6. The summed E-state index contributed by atoms with van der Waals surface area (Å²) in [5, 5.41) is 0. The number of hydrogen-bond donors (Lipinski definition) is 0. The fourth-order valence-electron chi connectivity index (χ4n) is 4.70. The lowest BCUT2D eigenvalue weighted by molar-refractivity contribution is -0.135. The molecule has 34 heavy (non-hydrogen) atoms. The highest BCUT2D eigenvalue weighted by Crippen LogP contribution is 2.47. The van der Waals surface area contributed by atoms with E-state index in [1.165, 1.54) is 0 Å². The summed E-state index contributed by atoms with van der Waals surface area (Å²) >= 11 is 0. The molecule has 174 valence electrons. The number of esters is 1. The minimum absolute atomic E-state index is 0.0103. The van der Waals surface area contributed by atoms with Crippen molar-refractivity contribution >= 4 is 11.5 Å². The number of ether oxygens (including phenoxy) is 5. The summed E-state index contributed by atoms with van der Waals surface area (Å²) < 4.78 is 28.2. The van der Waals surface area contributed by atoms with Gasteiger partial charge < -0.3 is 23.7 Å².